The van der Waals surface area contributed by atoms with E-state index < -0.39 is 0 Å². The van der Waals surface area contributed by atoms with Crippen LogP contribution in [0.1, 0.15) is 48.8 Å². The third-order valence-corrected chi connectivity index (χ3v) is 5.20. The first-order valence-electron chi connectivity index (χ1n) is 8.55. The van der Waals surface area contributed by atoms with Crippen LogP contribution in [0, 0.1) is 6.92 Å². The number of aryl methyl sites for hydroxylation is 1. The Labute approximate surface area is 140 Å². The second kappa shape index (κ2) is 5.58. The van der Waals surface area contributed by atoms with Gasteiger partial charge in [-0.15, -0.1) is 0 Å². The molecule has 1 aromatic carbocycles. The van der Waals surface area contributed by atoms with Crippen molar-refractivity contribution in [3.8, 4) is 0 Å². The molecule has 5 heteroatoms. The number of likely N-dealkylation sites (tertiary alicyclic amines) is 1. The lowest BCUT2D eigenvalue weighted by Crippen LogP contribution is -2.39. The highest BCUT2D eigenvalue weighted by Gasteiger charge is 2.54. The van der Waals surface area contributed by atoms with Crippen molar-refractivity contribution in [2.75, 3.05) is 6.54 Å². The molecule has 2 heterocycles. The molecule has 1 aliphatic heterocycles. The normalized spacial score (nSPS) is 21.7. The molecular formula is C19H21N3O2. The van der Waals surface area contributed by atoms with E-state index in [9.17, 15) is 9.59 Å². The van der Waals surface area contributed by atoms with Gasteiger partial charge in [0.05, 0.1) is 11.5 Å². The van der Waals surface area contributed by atoms with Crippen LogP contribution in [0.3, 0.4) is 0 Å². The molecule has 0 unspecified atom stereocenters. The highest BCUT2D eigenvalue weighted by molar-refractivity contribution is 5.91. The summed E-state index contributed by atoms with van der Waals surface area (Å²) >= 11 is 0. The Bertz CT molecular complexity index is 824. The van der Waals surface area contributed by atoms with E-state index in [1.165, 1.54) is 6.07 Å². The minimum atomic E-state index is -0.367. The van der Waals surface area contributed by atoms with Gasteiger partial charge < -0.3 is 9.88 Å². The summed E-state index contributed by atoms with van der Waals surface area (Å²) in [5, 5.41) is 0. The van der Waals surface area contributed by atoms with E-state index in [2.05, 4.69) is 9.97 Å². The molecule has 0 spiro atoms. The summed E-state index contributed by atoms with van der Waals surface area (Å²) in [5.74, 6) is 0.801. The quantitative estimate of drug-likeness (QED) is 0.943. The van der Waals surface area contributed by atoms with Gasteiger partial charge in [-0.05, 0) is 38.2 Å². The number of hydrogen-bond acceptors (Lipinski definition) is 3. The zero-order valence-electron chi connectivity index (χ0n) is 13.8. The molecule has 2 aliphatic rings. The fourth-order valence-electron chi connectivity index (χ4n) is 3.84. The van der Waals surface area contributed by atoms with Gasteiger partial charge in [-0.25, -0.2) is 4.98 Å². The number of rotatable bonds is 3. The molecule has 1 saturated carbocycles. The number of nitrogens with one attached hydrogen (secondary N) is 1. The summed E-state index contributed by atoms with van der Waals surface area (Å²) < 4.78 is 0. The van der Waals surface area contributed by atoms with Crippen LogP contribution in [0.5, 0.6) is 0 Å². The Morgan fingerprint density at radius 3 is 2.71 bits per heavy atom. The van der Waals surface area contributed by atoms with Gasteiger partial charge in [0.25, 0.3) is 5.56 Å². The van der Waals surface area contributed by atoms with Crippen molar-refractivity contribution in [3.05, 3.63) is 63.8 Å². The number of carbonyl (C=O) groups excluding carboxylic acids is 1. The maximum absolute atomic E-state index is 13.3. The van der Waals surface area contributed by atoms with E-state index >= 15 is 0 Å². The Morgan fingerprint density at radius 2 is 2.04 bits per heavy atom. The molecule has 0 radical (unpaired) electrons. The van der Waals surface area contributed by atoms with Crippen molar-refractivity contribution in [2.45, 2.75) is 44.1 Å². The summed E-state index contributed by atoms with van der Waals surface area (Å²) in [6.45, 7) is 2.54. The van der Waals surface area contributed by atoms with Crippen molar-refractivity contribution in [1.82, 2.24) is 14.9 Å². The number of hydrogen-bond donors (Lipinski definition) is 1. The lowest BCUT2D eigenvalue weighted by Gasteiger charge is -2.28. The Morgan fingerprint density at radius 1 is 1.29 bits per heavy atom. The fraction of sp³-hybridized carbons (Fsp3) is 0.421. The molecule has 5 nitrogen and oxygen atoms in total. The molecule has 1 atom stereocenters. The Kier molecular flexibility index (Phi) is 3.52. The molecule has 1 aromatic heterocycles. The lowest BCUT2D eigenvalue weighted by molar-refractivity contribution is -0.135. The predicted octanol–water partition coefficient (Wildman–Crippen LogP) is 2.47. The highest BCUT2D eigenvalue weighted by Crippen LogP contribution is 2.51. The van der Waals surface area contributed by atoms with Crippen molar-refractivity contribution in [2.24, 2.45) is 0 Å². The van der Waals surface area contributed by atoms with Crippen molar-refractivity contribution in [1.29, 1.82) is 0 Å². The van der Waals surface area contributed by atoms with Crippen LogP contribution in [0.4, 0.5) is 0 Å². The van der Waals surface area contributed by atoms with Gasteiger partial charge in [-0.1, -0.05) is 30.3 Å². The standard InChI is InChI=1S/C19H21N3O2/c1-13-12-16(23)21-17(20-13)15-8-5-11-22(15)18(24)19(9-10-19)14-6-3-2-4-7-14/h2-4,6-7,12,15H,5,8-11H2,1H3,(H,20,21,23)/t15-/m0/s1. The number of aromatic nitrogens is 2. The topological polar surface area (TPSA) is 66.1 Å². The zero-order valence-corrected chi connectivity index (χ0v) is 13.8. The number of aromatic amines is 1. The van der Waals surface area contributed by atoms with Gasteiger partial charge in [0.2, 0.25) is 5.91 Å². The number of carbonyl (C=O) groups is 1. The predicted molar refractivity (Wildman–Crippen MR) is 90.6 cm³/mol. The second-order valence-corrected chi connectivity index (χ2v) is 6.88. The zero-order chi connectivity index (χ0) is 16.7. The SMILES string of the molecule is Cc1cc(=O)[nH]c([C@@H]2CCCN2C(=O)C2(c3ccccc3)CC2)n1. The summed E-state index contributed by atoms with van der Waals surface area (Å²) in [5.41, 5.74) is 1.28. The van der Waals surface area contributed by atoms with E-state index in [4.69, 9.17) is 0 Å². The van der Waals surface area contributed by atoms with Crippen LogP contribution in [0.15, 0.2) is 41.2 Å². The summed E-state index contributed by atoms with van der Waals surface area (Å²) in [6, 6.07) is 11.4. The Balaban J connectivity index is 1.66. The minimum absolute atomic E-state index is 0.119. The molecule has 0 bridgehead atoms. The highest BCUT2D eigenvalue weighted by atomic mass is 16.2. The van der Waals surface area contributed by atoms with E-state index in [1.54, 1.807) is 0 Å². The van der Waals surface area contributed by atoms with Crippen molar-refractivity contribution >= 4 is 5.91 Å². The lowest BCUT2D eigenvalue weighted by atomic mass is 9.94. The molecular weight excluding hydrogens is 302 g/mol. The van der Waals surface area contributed by atoms with E-state index in [1.807, 2.05) is 42.2 Å². The molecule has 2 fully saturated rings. The maximum atomic E-state index is 13.3. The largest absolute Gasteiger partial charge is 0.332 e. The average Bonchev–Trinajstić information content (AvgIpc) is 3.24. The summed E-state index contributed by atoms with van der Waals surface area (Å²) in [4.78, 5) is 34.3. The van der Waals surface area contributed by atoms with Crippen LogP contribution in [-0.2, 0) is 10.2 Å². The maximum Gasteiger partial charge on any atom is 0.251 e. The molecule has 124 valence electrons. The number of H-pyrrole nitrogens is 1. The first kappa shape index (κ1) is 15.1. The molecule has 1 saturated heterocycles. The Hall–Kier alpha value is -2.43. The molecule has 1 N–H and O–H groups in total. The van der Waals surface area contributed by atoms with Gasteiger partial charge in [0.15, 0.2) is 0 Å². The number of amides is 1. The van der Waals surface area contributed by atoms with E-state index in [-0.39, 0.29) is 22.9 Å². The molecule has 1 aliphatic carbocycles. The number of benzene rings is 1. The molecule has 1 amide bonds. The van der Waals surface area contributed by atoms with Crippen LogP contribution >= 0.6 is 0 Å². The first-order chi connectivity index (χ1) is 11.6. The van der Waals surface area contributed by atoms with Gasteiger partial charge in [-0.2, -0.15) is 0 Å². The van der Waals surface area contributed by atoms with Gasteiger partial charge >= 0.3 is 0 Å². The summed E-state index contributed by atoms with van der Waals surface area (Å²) in [7, 11) is 0. The van der Waals surface area contributed by atoms with E-state index in [0.717, 1.165) is 37.8 Å². The third kappa shape index (κ3) is 2.44. The van der Waals surface area contributed by atoms with Crippen LogP contribution in [-0.4, -0.2) is 27.3 Å². The molecule has 4 rings (SSSR count). The third-order valence-electron chi connectivity index (χ3n) is 5.20. The monoisotopic (exact) mass is 323 g/mol. The first-order valence-corrected chi connectivity index (χ1v) is 8.55. The second-order valence-electron chi connectivity index (χ2n) is 6.88. The van der Waals surface area contributed by atoms with Gasteiger partial charge in [-0.3, -0.25) is 9.59 Å². The van der Waals surface area contributed by atoms with Crippen LogP contribution < -0.4 is 5.56 Å². The fourth-order valence-corrected chi connectivity index (χ4v) is 3.84. The van der Waals surface area contributed by atoms with Crippen molar-refractivity contribution < 1.29 is 4.79 Å². The van der Waals surface area contributed by atoms with E-state index in [0.29, 0.717) is 11.5 Å². The molecule has 2 aromatic rings. The summed E-state index contributed by atoms with van der Waals surface area (Å²) in [6.07, 6.45) is 3.59. The smallest absolute Gasteiger partial charge is 0.251 e. The van der Waals surface area contributed by atoms with Gasteiger partial charge in [0, 0.05) is 18.3 Å². The van der Waals surface area contributed by atoms with Crippen LogP contribution in [0.25, 0.3) is 0 Å². The van der Waals surface area contributed by atoms with Crippen molar-refractivity contribution in [3.63, 3.8) is 0 Å². The minimum Gasteiger partial charge on any atom is -0.332 e. The molecule has 24 heavy (non-hydrogen) atoms. The number of nitrogens with zero attached hydrogens (tertiary/aromatic N) is 2. The average molecular weight is 323 g/mol. The van der Waals surface area contributed by atoms with Crippen LogP contribution in [0.2, 0.25) is 0 Å². The van der Waals surface area contributed by atoms with Gasteiger partial charge in [0.1, 0.15) is 5.82 Å².